The lowest BCUT2D eigenvalue weighted by Crippen LogP contribution is -2.27. The number of anilines is 1. The van der Waals surface area contributed by atoms with Crippen LogP contribution in [0.5, 0.6) is 5.88 Å². The lowest BCUT2D eigenvalue weighted by Gasteiger charge is -2.28. The van der Waals surface area contributed by atoms with E-state index >= 15 is 0 Å². The Labute approximate surface area is 119 Å². The van der Waals surface area contributed by atoms with Gasteiger partial charge in [-0.15, -0.1) is 11.6 Å². The summed E-state index contributed by atoms with van der Waals surface area (Å²) in [5.74, 6) is 2.98. The summed E-state index contributed by atoms with van der Waals surface area (Å²) >= 11 is 5.90. The molecule has 1 aliphatic carbocycles. The van der Waals surface area contributed by atoms with Crippen LogP contribution in [-0.2, 0) is 0 Å². The first kappa shape index (κ1) is 14.4. The highest BCUT2D eigenvalue weighted by molar-refractivity contribution is 6.18. The Bertz CT molecular complexity index is 381. The summed E-state index contributed by atoms with van der Waals surface area (Å²) in [6, 6.07) is 2.37. The molecule has 4 nitrogen and oxygen atoms in total. The van der Waals surface area contributed by atoms with Crippen molar-refractivity contribution in [2.75, 3.05) is 17.8 Å². The minimum Gasteiger partial charge on any atom is -0.478 e. The number of nitrogens with one attached hydrogen (secondary N) is 1. The summed E-state index contributed by atoms with van der Waals surface area (Å²) < 4.78 is 5.51. The Kier molecular flexibility index (Phi) is 5.70. The Morgan fingerprint density at radius 3 is 2.79 bits per heavy atom. The zero-order valence-electron chi connectivity index (χ0n) is 11.4. The molecule has 1 N–H and O–H groups in total. The van der Waals surface area contributed by atoms with E-state index in [1.807, 2.05) is 6.07 Å². The summed E-state index contributed by atoms with van der Waals surface area (Å²) in [5, 5.41) is 3.47. The second-order valence-corrected chi connectivity index (χ2v) is 5.41. The first-order valence-electron chi connectivity index (χ1n) is 7.09. The van der Waals surface area contributed by atoms with E-state index in [0.29, 0.717) is 24.4 Å². The van der Waals surface area contributed by atoms with Gasteiger partial charge in [-0.05, 0) is 38.0 Å². The van der Waals surface area contributed by atoms with Crippen LogP contribution in [0.4, 0.5) is 5.82 Å². The minimum absolute atomic E-state index is 0.494. The normalized spacial score (nSPS) is 23.1. The van der Waals surface area contributed by atoms with Crippen molar-refractivity contribution in [2.45, 2.75) is 45.1 Å². The average molecular weight is 284 g/mol. The molecule has 0 atom stereocenters. The third kappa shape index (κ3) is 4.53. The first-order valence-corrected chi connectivity index (χ1v) is 7.62. The Hall–Kier alpha value is -1.03. The van der Waals surface area contributed by atoms with E-state index in [9.17, 15) is 0 Å². The predicted molar refractivity (Wildman–Crippen MR) is 77.9 cm³/mol. The fourth-order valence-electron chi connectivity index (χ4n) is 2.37. The maximum Gasteiger partial charge on any atom is 0.218 e. The molecule has 0 saturated heterocycles. The molecule has 0 radical (unpaired) electrons. The lowest BCUT2D eigenvalue weighted by atomic mass is 9.87. The second-order valence-electron chi connectivity index (χ2n) is 5.11. The van der Waals surface area contributed by atoms with Crippen LogP contribution >= 0.6 is 11.6 Å². The van der Waals surface area contributed by atoms with Crippen molar-refractivity contribution < 1.29 is 4.74 Å². The van der Waals surface area contributed by atoms with Crippen molar-refractivity contribution in [3.8, 4) is 5.88 Å². The molecule has 1 aliphatic rings. The molecule has 0 aromatic carbocycles. The van der Waals surface area contributed by atoms with Crippen LogP contribution < -0.4 is 10.1 Å². The second kappa shape index (κ2) is 7.53. The van der Waals surface area contributed by atoms with Gasteiger partial charge < -0.3 is 10.1 Å². The molecular weight excluding hydrogens is 262 g/mol. The van der Waals surface area contributed by atoms with Crippen LogP contribution in [0.15, 0.2) is 12.4 Å². The van der Waals surface area contributed by atoms with Crippen molar-refractivity contribution in [1.82, 2.24) is 9.97 Å². The van der Waals surface area contributed by atoms with Crippen LogP contribution in [0.2, 0.25) is 0 Å². The van der Waals surface area contributed by atoms with E-state index in [1.54, 1.807) is 6.33 Å². The van der Waals surface area contributed by atoms with Gasteiger partial charge >= 0.3 is 0 Å². The zero-order chi connectivity index (χ0) is 13.5. The molecular formula is C14H22ClN3O. The molecule has 1 fully saturated rings. The van der Waals surface area contributed by atoms with Gasteiger partial charge in [0.2, 0.25) is 5.88 Å². The maximum absolute atomic E-state index is 5.90. The van der Waals surface area contributed by atoms with Crippen molar-refractivity contribution in [3.63, 3.8) is 0 Å². The Balaban J connectivity index is 1.85. The molecule has 1 aromatic rings. The van der Waals surface area contributed by atoms with Crippen molar-refractivity contribution in [1.29, 1.82) is 0 Å². The average Bonchev–Trinajstić information content (AvgIpc) is 2.46. The Morgan fingerprint density at radius 2 is 2.11 bits per heavy atom. The summed E-state index contributed by atoms with van der Waals surface area (Å²) in [4.78, 5) is 8.36. The molecule has 0 unspecified atom stereocenters. The maximum atomic E-state index is 5.90. The fourth-order valence-corrected chi connectivity index (χ4v) is 2.68. The summed E-state index contributed by atoms with van der Waals surface area (Å²) in [6.45, 7) is 2.77. The van der Waals surface area contributed by atoms with Crippen molar-refractivity contribution in [2.24, 2.45) is 5.92 Å². The zero-order valence-corrected chi connectivity index (χ0v) is 12.2. The predicted octanol–water partition coefficient (Wildman–Crippen LogP) is 3.47. The molecule has 19 heavy (non-hydrogen) atoms. The monoisotopic (exact) mass is 283 g/mol. The van der Waals surface area contributed by atoms with E-state index in [0.717, 1.165) is 31.0 Å². The third-order valence-corrected chi connectivity index (χ3v) is 3.95. The first-order chi connectivity index (χ1) is 9.31. The van der Waals surface area contributed by atoms with Crippen LogP contribution in [0.25, 0.3) is 0 Å². The quantitative estimate of drug-likeness (QED) is 0.812. The minimum atomic E-state index is 0.494. The Morgan fingerprint density at radius 1 is 1.32 bits per heavy atom. The van der Waals surface area contributed by atoms with E-state index in [4.69, 9.17) is 16.3 Å². The molecule has 0 aliphatic heterocycles. The molecule has 1 heterocycles. The van der Waals surface area contributed by atoms with Gasteiger partial charge in [0.05, 0.1) is 6.61 Å². The van der Waals surface area contributed by atoms with Gasteiger partial charge in [0.15, 0.2) is 0 Å². The summed E-state index contributed by atoms with van der Waals surface area (Å²) in [6.07, 6.45) is 7.25. The highest BCUT2D eigenvalue weighted by Crippen LogP contribution is 2.27. The van der Waals surface area contributed by atoms with Crippen LogP contribution in [0.3, 0.4) is 0 Å². The molecule has 1 saturated carbocycles. The van der Waals surface area contributed by atoms with Gasteiger partial charge in [0.1, 0.15) is 12.1 Å². The number of halogens is 1. The molecule has 0 spiro atoms. The van der Waals surface area contributed by atoms with Crippen molar-refractivity contribution >= 4 is 17.4 Å². The lowest BCUT2D eigenvalue weighted by molar-refractivity contribution is 0.304. The smallest absolute Gasteiger partial charge is 0.218 e. The van der Waals surface area contributed by atoms with Crippen LogP contribution in [0.1, 0.15) is 39.0 Å². The number of hydrogen-bond acceptors (Lipinski definition) is 4. The molecule has 106 valence electrons. The van der Waals surface area contributed by atoms with Gasteiger partial charge in [-0.3, -0.25) is 0 Å². The van der Waals surface area contributed by atoms with Gasteiger partial charge in [0.25, 0.3) is 0 Å². The SMILES string of the molecule is CCCOc1cc(NC2CCC(CCl)CC2)ncn1. The molecule has 0 amide bonds. The van der Waals surface area contributed by atoms with Crippen LogP contribution in [0, 0.1) is 5.92 Å². The van der Waals surface area contributed by atoms with Gasteiger partial charge in [0, 0.05) is 18.0 Å². The van der Waals surface area contributed by atoms with Gasteiger partial charge in [-0.1, -0.05) is 6.92 Å². The van der Waals surface area contributed by atoms with E-state index in [2.05, 4.69) is 22.2 Å². The summed E-state index contributed by atoms with van der Waals surface area (Å²) in [7, 11) is 0. The molecule has 1 aromatic heterocycles. The molecule has 0 bridgehead atoms. The highest BCUT2D eigenvalue weighted by atomic mass is 35.5. The fraction of sp³-hybridized carbons (Fsp3) is 0.714. The van der Waals surface area contributed by atoms with Crippen molar-refractivity contribution in [3.05, 3.63) is 12.4 Å². The topological polar surface area (TPSA) is 47.0 Å². The standard InChI is InChI=1S/C14H22ClN3O/c1-2-7-19-14-8-13(16-10-17-14)18-12-5-3-11(9-15)4-6-12/h8,10-12H,2-7,9H2,1H3,(H,16,17,18). The van der Waals surface area contributed by atoms with E-state index < -0.39 is 0 Å². The highest BCUT2D eigenvalue weighted by Gasteiger charge is 2.20. The number of nitrogens with zero attached hydrogens (tertiary/aromatic N) is 2. The van der Waals surface area contributed by atoms with Crippen LogP contribution in [-0.4, -0.2) is 28.5 Å². The number of ether oxygens (including phenoxy) is 1. The molecule has 5 heteroatoms. The molecule has 2 rings (SSSR count). The van der Waals surface area contributed by atoms with E-state index in [-0.39, 0.29) is 0 Å². The van der Waals surface area contributed by atoms with E-state index in [1.165, 1.54) is 12.8 Å². The largest absolute Gasteiger partial charge is 0.478 e. The third-order valence-electron chi connectivity index (χ3n) is 3.51. The van der Waals surface area contributed by atoms with Gasteiger partial charge in [-0.25, -0.2) is 9.97 Å². The number of rotatable bonds is 6. The number of hydrogen-bond donors (Lipinski definition) is 1. The number of aromatic nitrogens is 2. The summed E-state index contributed by atoms with van der Waals surface area (Å²) in [5.41, 5.74) is 0. The van der Waals surface area contributed by atoms with Gasteiger partial charge in [-0.2, -0.15) is 0 Å². The number of alkyl halides is 1.